The quantitative estimate of drug-likeness (QED) is 0.328. The number of rotatable bonds is 12. The van der Waals surface area contributed by atoms with Crippen molar-refractivity contribution >= 4 is 12.1 Å². The first kappa shape index (κ1) is 21.5. The number of benzene rings is 2. The smallest absolute Gasteiger partial charge is 0.277 e. The van der Waals surface area contributed by atoms with Crippen LogP contribution in [0.2, 0.25) is 0 Å². The van der Waals surface area contributed by atoms with Crippen LogP contribution in [-0.4, -0.2) is 25.3 Å². The van der Waals surface area contributed by atoms with Gasteiger partial charge >= 0.3 is 0 Å². The van der Waals surface area contributed by atoms with Gasteiger partial charge in [-0.05, 0) is 60.4 Å². The highest BCUT2D eigenvalue weighted by atomic mass is 16.5. The standard InChI is InChI=1S/C23H30N2O3/c1-3-5-6-7-15-27-21-13-11-20(12-14-21)17-24-25-23(26)18-28-22-10-8-9-19(4-2)16-22/h8-14,16-17H,3-7,15,18H2,1-2H3,(H,25,26). The van der Waals surface area contributed by atoms with Gasteiger partial charge in [-0.1, -0.05) is 45.2 Å². The summed E-state index contributed by atoms with van der Waals surface area (Å²) in [4.78, 5) is 11.8. The summed E-state index contributed by atoms with van der Waals surface area (Å²) in [6.45, 7) is 4.94. The lowest BCUT2D eigenvalue weighted by molar-refractivity contribution is -0.123. The third-order valence-electron chi connectivity index (χ3n) is 4.23. The number of nitrogens with one attached hydrogen (secondary N) is 1. The van der Waals surface area contributed by atoms with Gasteiger partial charge in [0.1, 0.15) is 11.5 Å². The second-order valence-corrected chi connectivity index (χ2v) is 6.56. The molecule has 0 aliphatic rings. The second-order valence-electron chi connectivity index (χ2n) is 6.56. The number of hydrogen-bond donors (Lipinski definition) is 1. The Hall–Kier alpha value is -2.82. The molecule has 2 aromatic rings. The summed E-state index contributed by atoms with van der Waals surface area (Å²) in [5, 5.41) is 3.97. The van der Waals surface area contributed by atoms with Crippen molar-refractivity contribution in [1.82, 2.24) is 5.43 Å². The molecule has 1 amide bonds. The molecule has 0 saturated carbocycles. The van der Waals surface area contributed by atoms with Crippen molar-refractivity contribution in [3.05, 3.63) is 59.7 Å². The van der Waals surface area contributed by atoms with Crippen LogP contribution >= 0.6 is 0 Å². The summed E-state index contributed by atoms with van der Waals surface area (Å²) < 4.78 is 11.2. The first-order valence-electron chi connectivity index (χ1n) is 9.97. The molecule has 2 aromatic carbocycles. The molecule has 0 radical (unpaired) electrons. The number of unbranched alkanes of at least 4 members (excludes halogenated alkanes) is 3. The van der Waals surface area contributed by atoms with Gasteiger partial charge in [-0.2, -0.15) is 5.10 Å². The Morgan fingerprint density at radius 3 is 2.57 bits per heavy atom. The Bertz CT molecular complexity index is 742. The van der Waals surface area contributed by atoms with E-state index in [4.69, 9.17) is 9.47 Å². The Labute approximate surface area is 167 Å². The molecule has 0 bridgehead atoms. The molecule has 28 heavy (non-hydrogen) atoms. The van der Waals surface area contributed by atoms with Crippen LogP contribution in [0.5, 0.6) is 11.5 Å². The maximum atomic E-state index is 11.8. The molecular formula is C23H30N2O3. The largest absolute Gasteiger partial charge is 0.494 e. The minimum Gasteiger partial charge on any atom is -0.494 e. The van der Waals surface area contributed by atoms with E-state index in [0.29, 0.717) is 5.75 Å². The maximum absolute atomic E-state index is 11.8. The highest BCUT2D eigenvalue weighted by Crippen LogP contribution is 2.14. The minimum atomic E-state index is -0.301. The number of carbonyl (C=O) groups excluding carboxylic acids is 1. The molecule has 0 atom stereocenters. The van der Waals surface area contributed by atoms with Crippen molar-refractivity contribution in [2.75, 3.05) is 13.2 Å². The number of ether oxygens (including phenoxy) is 2. The molecule has 0 aromatic heterocycles. The van der Waals surface area contributed by atoms with E-state index in [1.54, 1.807) is 6.21 Å². The van der Waals surface area contributed by atoms with Gasteiger partial charge in [-0.15, -0.1) is 0 Å². The third-order valence-corrected chi connectivity index (χ3v) is 4.23. The predicted molar refractivity (Wildman–Crippen MR) is 113 cm³/mol. The van der Waals surface area contributed by atoms with Gasteiger partial charge in [-0.25, -0.2) is 5.43 Å². The van der Waals surface area contributed by atoms with Crippen molar-refractivity contribution in [1.29, 1.82) is 0 Å². The van der Waals surface area contributed by atoms with E-state index in [1.165, 1.54) is 24.8 Å². The molecule has 0 unspecified atom stereocenters. The number of nitrogens with zero attached hydrogens (tertiary/aromatic N) is 1. The van der Waals surface area contributed by atoms with Crippen molar-refractivity contribution in [3.8, 4) is 11.5 Å². The van der Waals surface area contributed by atoms with Gasteiger partial charge < -0.3 is 9.47 Å². The lowest BCUT2D eigenvalue weighted by Crippen LogP contribution is -2.24. The number of amides is 1. The Morgan fingerprint density at radius 2 is 1.82 bits per heavy atom. The topological polar surface area (TPSA) is 59.9 Å². The zero-order valence-electron chi connectivity index (χ0n) is 16.8. The molecule has 0 heterocycles. The fourth-order valence-electron chi connectivity index (χ4n) is 2.58. The summed E-state index contributed by atoms with van der Waals surface area (Å²) in [6, 6.07) is 15.4. The lowest BCUT2D eigenvalue weighted by Gasteiger charge is -2.06. The van der Waals surface area contributed by atoms with Gasteiger partial charge in [-0.3, -0.25) is 4.79 Å². The molecule has 2 rings (SSSR count). The first-order valence-corrected chi connectivity index (χ1v) is 9.97. The van der Waals surface area contributed by atoms with E-state index in [-0.39, 0.29) is 12.5 Å². The van der Waals surface area contributed by atoms with Gasteiger partial charge in [0.25, 0.3) is 5.91 Å². The summed E-state index contributed by atoms with van der Waals surface area (Å²) in [6.07, 6.45) is 7.28. The normalized spacial score (nSPS) is 10.8. The van der Waals surface area contributed by atoms with E-state index in [9.17, 15) is 4.79 Å². The van der Waals surface area contributed by atoms with E-state index in [2.05, 4.69) is 24.4 Å². The molecule has 0 aliphatic heterocycles. The van der Waals surface area contributed by atoms with Crippen molar-refractivity contribution in [2.24, 2.45) is 5.10 Å². The Morgan fingerprint density at radius 1 is 1.00 bits per heavy atom. The van der Waals surface area contributed by atoms with Gasteiger partial charge in [0.05, 0.1) is 12.8 Å². The van der Waals surface area contributed by atoms with E-state index in [0.717, 1.165) is 30.8 Å². The van der Waals surface area contributed by atoms with Gasteiger partial charge in [0.2, 0.25) is 0 Å². The fraction of sp³-hybridized carbons (Fsp3) is 0.391. The average Bonchev–Trinajstić information content (AvgIpc) is 2.73. The lowest BCUT2D eigenvalue weighted by atomic mass is 10.2. The van der Waals surface area contributed by atoms with Crippen LogP contribution in [0.15, 0.2) is 53.6 Å². The minimum absolute atomic E-state index is 0.0741. The number of hydrogen-bond acceptors (Lipinski definition) is 4. The van der Waals surface area contributed by atoms with Crippen LogP contribution < -0.4 is 14.9 Å². The van der Waals surface area contributed by atoms with Crippen LogP contribution in [0.3, 0.4) is 0 Å². The first-order chi connectivity index (χ1) is 13.7. The van der Waals surface area contributed by atoms with Crippen LogP contribution in [-0.2, 0) is 11.2 Å². The summed E-state index contributed by atoms with van der Waals surface area (Å²) in [7, 11) is 0. The zero-order chi connectivity index (χ0) is 20.0. The van der Waals surface area contributed by atoms with Crippen LogP contribution in [0.1, 0.15) is 50.7 Å². The molecular weight excluding hydrogens is 352 g/mol. The number of carbonyl (C=O) groups is 1. The molecule has 0 fully saturated rings. The Kier molecular flexibility index (Phi) is 9.62. The summed E-state index contributed by atoms with van der Waals surface area (Å²) in [5.74, 6) is 1.23. The van der Waals surface area contributed by atoms with Crippen molar-refractivity contribution < 1.29 is 14.3 Å². The fourth-order valence-corrected chi connectivity index (χ4v) is 2.58. The molecule has 0 spiro atoms. The van der Waals surface area contributed by atoms with Crippen LogP contribution in [0.25, 0.3) is 0 Å². The number of hydrazone groups is 1. The monoisotopic (exact) mass is 382 g/mol. The summed E-state index contributed by atoms with van der Waals surface area (Å²) >= 11 is 0. The van der Waals surface area contributed by atoms with E-state index >= 15 is 0 Å². The number of aryl methyl sites for hydroxylation is 1. The second kappa shape index (κ2) is 12.5. The van der Waals surface area contributed by atoms with Gasteiger partial charge in [0.15, 0.2) is 6.61 Å². The molecule has 0 aliphatic carbocycles. The highest BCUT2D eigenvalue weighted by molar-refractivity contribution is 5.83. The highest BCUT2D eigenvalue weighted by Gasteiger charge is 2.02. The van der Waals surface area contributed by atoms with Crippen molar-refractivity contribution in [2.45, 2.75) is 46.0 Å². The predicted octanol–water partition coefficient (Wildman–Crippen LogP) is 4.74. The van der Waals surface area contributed by atoms with Gasteiger partial charge in [0, 0.05) is 0 Å². The molecule has 150 valence electrons. The maximum Gasteiger partial charge on any atom is 0.277 e. The summed E-state index contributed by atoms with van der Waals surface area (Å²) in [5.41, 5.74) is 4.53. The average molecular weight is 383 g/mol. The van der Waals surface area contributed by atoms with Crippen molar-refractivity contribution in [3.63, 3.8) is 0 Å². The zero-order valence-corrected chi connectivity index (χ0v) is 16.8. The van der Waals surface area contributed by atoms with E-state index in [1.807, 2.05) is 48.5 Å². The molecule has 0 saturated heterocycles. The molecule has 5 nitrogen and oxygen atoms in total. The Balaban J connectivity index is 1.69. The SMILES string of the molecule is CCCCCCOc1ccc(C=NNC(=O)COc2cccc(CC)c2)cc1. The molecule has 5 heteroatoms. The molecule has 1 N–H and O–H groups in total. The third kappa shape index (κ3) is 8.25. The van der Waals surface area contributed by atoms with E-state index < -0.39 is 0 Å². The van der Waals surface area contributed by atoms with Crippen LogP contribution in [0.4, 0.5) is 0 Å². The van der Waals surface area contributed by atoms with Crippen LogP contribution in [0, 0.1) is 0 Å².